The fourth-order valence-corrected chi connectivity index (χ4v) is 1.97. The Morgan fingerprint density at radius 2 is 1.85 bits per heavy atom. The minimum atomic E-state index is -0.292. The summed E-state index contributed by atoms with van der Waals surface area (Å²) in [5.41, 5.74) is 8.58. The Labute approximate surface area is 123 Å². The van der Waals surface area contributed by atoms with Crippen LogP contribution in [0, 0.1) is 11.8 Å². The third-order valence-electron chi connectivity index (χ3n) is 2.90. The van der Waals surface area contributed by atoms with Crippen molar-refractivity contribution in [3.05, 3.63) is 34.9 Å². The summed E-state index contributed by atoms with van der Waals surface area (Å²) in [4.78, 5) is 11.1. The van der Waals surface area contributed by atoms with Crippen LogP contribution in [0.3, 0.4) is 0 Å². The molecule has 0 saturated heterocycles. The number of nitrogens with two attached hydrogens (primary N) is 1. The predicted molar refractivity (Wildman–Crippen MR) is 85.3 cm³/mol. The smallest absolute Gasteiger partial charge is 0.221 e. The predicted octanol–water partition coefficient (Wildman–Crippen LogP) is 3.62. The number of ether oxygens (including phenoxy) is 1. The van der Waals surface area contributed by atoms with Crippen molar-refractivity contribution in [2.45, 2.75) is 41.0 Å². The maximum Gasteiger partial charge on any atom is 0.221 e. The van der Waals surface area contributed by atoms with Crippen LogP contribution in [0.5, 0.6) is 0 Å². The van der Waals surface area contributed by atoms with E-state index in [-0.39, 0.29) is 5.91 Å². The summed E-state index contributed by atoms with van der Waals surface area (Å²) >= 11 is 0. The van der Waals surface area contributed by atoms with Gasteiger partial charge in [-0.3, -0.25) is 4.79 Å². The van der Waals surface area contributed by atoms with E-state index in [4.69, 9.17) is 10.5 Å². The highest BCUT2D eigenvalue weighted by Crippen LogP contribution is 2.21. The van der Waals surface area contributed by atoms with E-state index in [9.17, 15) is 4.79 Å². The van der Waals surface area contributed by atoms with Gasteiger partial charge in [0.1, 0.15) is 0 Å². The molecule has 0 fully saturated rings. The Morgan fingerprint density at radius 3 is 2.25 bits per heavy atom. The topological polar surface area (TPSA) is 52.3 Å². The van der Waals surface area contributed by atoms with Gasteiger partial charge in [0, 0.05) is 13.5 Å². The van der Waals surface area contributed by atoms with E-state index in [0.29, 0.717) is 24.9 Å². The molecule has 0 unspecified atom stereocenters. The highest BCUT2D eigenvalue weighted by Gasteiger charge is 2.08. The van der Waals surface area contributed by atoms with Gasteiger partial charge >= 0.3 is 0 Å². The molecule has 0 aliphatic heterocycles. The average molecular weight is 279 g/mol. The van der Waals surface area contributed by atoms with Crippen LogP contribution in [0.15, 0.2) is 34.9 Å². The molecule has 0 rings (SSSR count). The van der Waals surface area contributed by atoms with Gasteiger partial charge in [0.25, 0.3) is 0 Å². The number of methoxy groups -OCH3 is 1. The van der Waals surface area contributed by atoms with Crippen molar-refractivity contribution in [3.8, 4) is 0 Å². The molecule has 0 aromatic carbocycles. The molecule has 114 valence electrons. The maximum atomic E-state index is 11.1. The monoisotopic (exact) mass is 279 g/mol. The van der Waals surface area contributed by atoms with Crippen LogP contribution in [0.4, 0.5) is 0 Å². The number of primary amides is 1. The van der Waals surface area contributed by atoms with Gasteiger partial charge in [0.05, 0.1) is 6.61 Å². The van der Waals surface area contributed by atoms with Crippen molar-refractivity contribution in [2.75, 3.05) is 13.7 Å². The highest BCUT2D eigenvalue weighted by atomic mass is 16.5. The largest absolute Gasteiger partial charge is 0.380 e. The first-order valence-electron chi connectivity index (χ1n) is 7.13. The molecule has 20 heavy (non-hydrogen) atoms. The third kappa shape index (κ3) is 7.95. The first kappa shape index (κ1) is 18.7. The molecule has 0 aromatic heterocycles. The van der Waals surface area contributed by atoms with Crippen LogP contribution >= 0.6 is 0 Å². The van der Waals surface area contributed by atoms with Crippen LogP contribution < -0.4 is 5.73 Å². The average Bonchev–Trinajstić information content (AvgIpc) is 2.30. The molecule has 0 bridgehead atoms. The second kappa shape index (κ2) is 9.54. The molecule has 0 spiro atoms. The summed E-state index contributed by atoms with van der Waals surface area (Å²) in [6.07, 6.45) is 6.66. The summed E-state index contributed by atoms with van der Waals surface area (Å²) in [6.45, 7) is 11.0. The fourth-order valence-electron chi connectivity index (χ4n) is 1.97. The number of carbonyl (C=O) groups excluding carboxylic acids is 1. The van der Waals surface area contributed by atoms with Crippen molar-refractivity contribution in [2.24, 2.45) is 17.6 Å². The Bertz CT molecular complexity index is 401. The van der Waals surface area contributed by atoms with Crippen LogP contribution in [0.25, 0.3) is 0 Å². The van der Waals surface area contributed by atoms with E-state index < -0.39 is 0 Å². The number of hydrogen-bond acceptors (Lipinski definition) is 2. The van der Waals surface area contributed by atoms with Crippen LogP contribution in [0.2, 0.25) is 0 Å². The Balaban J connectivity index is 5.43. The Morgan fingerprint density at radius 1 is 1.25 bits per heavy atom. The second-order valence-electron chi connectivity index (χ2n) is 5.79. The standard InChI is InChI=1S/C17H29NO2/c1-12(2)7-8-15(11-20-6)10-16(13(3)4)14(5)9-17(18)19/h7-8,10,12-13H,9,11H2,1-6H3,(H2,18,19)/b8-7+,15-10+,16-14-. The van der Waals surface area contributed by atoms with Gasteiger partial charge in [0.15, 0.2) is 0 Å². The van der Waals surface area contributed by atoms with E-state index in [0.717, 1.165) is 16.7 Å². The summed E-state index contributed by atoms with van der Waals surface area (Å²) in [5, 5.41) is 0. The zero-order valence-corrected chi connectivity index (χ0v) is 13.7. The molecule has 2 N–H and O–H groups in total. The van der Waals surface area contributed by atoms with Crippen molar-refractivity contribution in [3.63, 3.8) is 0 Å². The lowest BCUT2D eigenvalue weighted by Gasteiger charge is -2.13. The lowest BCUT2D eigenvalue weighted by molar-refractivity contribution is -0.117. The summed E-state index contributed by atoms with van der Waals surface area (Å²) in [7, 11) is 1.69. The molecule has 0 heterocycles. The van der Waals surface area contributed by atoms with E-state index in [1.54, 1.807) is 7.11 Å². The fraction of sp³-hybridized carbons (Fsp3) is 0.588. The number of hydrogen-bond donors (Lipinski definition) is 1. The molecule has 0 aliphatic rings. The van der Waals surface area contributed by atoms with Crippen LogP contribution in [0.1, 0.15) is 41.0 Å². The number of allylic oxidation sites excluding steroid dienone is 3. The van der Waals surface area contributed by atoms with Gasteiger partial charge in [-0.05, 0) is 29.9 Å². The molecule has 3 heteroatoms. The van der Waals surface area contributed by atoms with Gasteiger partial charge < -0.3 is 10.5 Å². The van der Waals surface area contributed by atoms with Gasteiger partial charge in [-0.25, -0.2) is 0 Å². The lowest BCUT2D eigenvalue weighted by atomic mass is 9.93. The molecule has 1 amide bonds. The minimum absolute atomic E-state index is 0.292. The molecule has 0 aromatic rings. The lowest BCUT2D eigenvalue weighted by Crippen LogP contribution is -2.12. The van der Waals surface area contributed by atoms with Crippen molar-refractivity contribution in [1.82, 2.24) is 0 Å². The highest BCUT2D eigenvalue weighted by molar-refractivity contribution is 5.76. The van der Waals surface area contributed by atoms with Crippen molar-refractivity contribution in [1.29, 1.82) is 0 Å². The normalized spacial score (nSPS) is 14.3. The summed E-state index contributed by atoms with van der Waals surface area (Å²) in [6, 6.07) is 0. The second-order valence-corrected chi connectivity index (χ2v) is 5.79. The van der Waals surface area contributed by atoms with E-state index in [1.807, 2.05) is 6.92 Å². The summed E-state index contributed by atoms with van der Waals surface area (Å²) in [5.74, 6) is 0.544. The van der Waals surface area contributed by atoms with Crippen LogP contribution in [-0.2, 0) is 9.53 Å². The van der Waals surface area contributed by atoms with E-state index in [2.05, 4.69) is 45.9 Å². The molecule has 0 atom stereocenters. The van der Waals surface area contributed by atoms with Crippen molar-refractivity contribution < 1.29 is 9.53 Å². The molecular weight excluding hydrogens is 250 g/mol. The number of carbonyl (C=O) groups is 1. The SMILES string of the molecule is COCC(/C=C/C(C)C)=C/C(=C(\C)CC(N)=O)C(C)C. The molecular formula is C17H29NO2. The number of amides is 1. The maximum absolute atomic E-state index is 11.1. The minimum Gasteiger partial charge on any atom is -0.380 e. The van der Waals surface area contributed by atoms with Gasteiger partial charge in [0.2, 0.25) is 5.91 Å². The van der Waals surface area contributed by atoms with E-state index >= 15 is 0 Å². The van der Waals surface area contributed by atoms with Crippen LogP contribution in [-0.4, -0.2) is 19.6 Å². The van der Waals surface area contributed by atoms with E-state index in [1.165, 1.54) is 0 Å². The number of rotatable bonds is 8. The van der Waals surface area contributed by atoms with Gasteiger partial charge in [-0.15, -0.1) is 0 Å². The Kier molecular flexibility index (Phi) is 8.89. The van der Waals surface area contributed by atoms with Gasteiger partial charge in [-0.2, -0.15) is 0 Å². The zero-order valence-electron chi connectivity index (χ0n) is 13.7. The first-order valence-corrected chi connectivity index (χ1v) is 7.13. The molecule has 0 aliphatic carbocycles. The first-order chi connectivity index (χ1) is 9.27. The zero-order chi connectivity index (χ0) is 15.7. The van der Waals surface area contributed by atoms with Crippen molar-refractivity contribution >= 4 is 5.91 Å². The third-order valence-corrected chi connectivity index (χ3v) is 2.90. The Hall–Kier alpha value is -1.35. The molecule has 0 saturated carbocycles. The summed E-state index contributed by atoms with van der Waals surface area (Å²) < 4.78 is 5.24. The van der Waals surface area contributed by atoms with Gasteiger partial charge in [-0.1, -0.05) is 51.5 Å². The quantitative estimate of drug-likeness (QED) is 0.690. The molecule has 3 nitrogen and oxygen atoms in total. The molecule has 0 radical (unpaired) electrons.